The van der Waals surface area contributed by atoms with E-state index in [4.69, 9.17) is 4.42 Å². The van der Waals surface area contributed by atoms with Crippen LogP contribution in [-0.2, 0) is 9.59 Å². The predicted octanol–water partition coefficient (Wildman–Crippen LogP) is 2.43. The Morgan fingerprint density at radius 3 is 2.62 bits per heavy atom. The summed E-state index contributed by atoms with van der Waals surface area (Å²) in [6.45, 7) is 8.82. The number of thioether (sulfide) groups is 1. The molecule has 2 aromatic rings. The Bertz CT molecular complexity index is 776. The van der Waals surface area contributed by atoms with Crippen LogP contribution in [0, 0.1) is 13.8 Å². The Labute approximate surface area is 157 Å². The van der Waals surface area contributed by atoms with Gasteiger partial charge < -0.3 is 14.6 Å². The van der Waals surface area contributed by atoms with Gasteiger partial charge in [-0.25, -0.2) is 0 Å². The van der Waals surface area contributed by atoms with E-state index in [0.717, 1.165) is 11.1 Å². The van der Waals surface area contributed by atoms with Gasteiger partial charge in [0.1, 0.15) is 0 Å². The van der Waals surface area contributed by atoms with E-state index in [9.17, 15) is 9.59 Å². The predicted molar refractivity (Wildman–Crippen MR) is 101 cm³/mol. The zero-order valence-corrected chi connectivity index (χ0v) is 16.4. The van der Waals surface area contributed by atoms with Crippen molar-refractivity contribution >= 4 is 23.6 Å². The summed E-state index contributed by atoms with van der Waals surface area (Å²) in [5.41, 5.74) is 3.19. The van der Waals surface area contributed by atoms with E-state index in [-0.39, 0.29) is 24.1 Å². The van der Waals surface area contributed by atoms with Crippen LogP contribution in [0.1, 0.15) is 25.0 Å². The van der Waals surface area contributed by atoms with Crippen molar-refractivity contribution in [2.24, 2.45) is 0 Å². The summed E-state index contributed by atoms with van der Waals surface area (Å²) in [5, 5.41) is 11.1. The molecule has 140 valence electrons. The van der Waals surface area contributed by atoms with E-state index in [1.54, 1.807) is 0 Å². The summed E-state index contributed by atoms with van der Waals surface area (Å²) >= 11 is 1.17. The molecule has 26 heavy (non-hydrogen) atoms. The van der Waals surface area contributed by atoms with Gasteiger partial charge in [-0.1, -0.05) is 17.8 Å². The molecule has 0 atom stereocenters. The first-order chi connectivity index (χ1) is 12.4. The Kier molecular flexibility index (Phi) is 7.20. The Morgan fingerprint density at radius 2 is 1.96 bits per heavy atom. The highest BCUT2D eigenvalue weighted by atomic mass is 32.2. The standard InChI is InChI=1S/C18H24N4O3S/c1-5-19-15(23)10-22(6-2)16(24)11-26-18-21-20-17(25-18)14-8-7-12(3)13(4)9-14/h7-9H,5-6,10-11H2,1-4H3,(H,19,23). The SMILES string of the molecule is CCNC(=O)CN(CC)C(=O)CSc1nnc(-c2ccc(C)c(C)c2)o1. The van der Waals surface area contributed by atoms with Gasteiger partial charge in [-0.05, 0) is 51.0 Å². The average Bonchev–Trinajstić information content (AvgIpc) is 3.09. The highest BCUT2D eigenvalue weighted by Gasteiger charge is 2.17. The van der Waals surface area contributed by atoms with Crippen molar-refractivity contribution in [3.8, 4) is 11.5 Å². The maximum Gasteiger partial charge on any atom is 0.277 e. The van der Waals surface area contributed by atoms with Crippen molar-refractivity contribution in [2.45, 2.75) is 32.9 Å². The summed E-state index contributed by atoms with van der Waals surface area (Å²) in [6, 6.07) is 5.93. The van der Waals surface area contributed by atoms with Gasteiger partial charge in [-0.2, -0.15) is 0 Å². The van der Waals surface area contributed by atoms with Crippen molar-refractivity contribution in [2.75, 3.05) is 25.4 Å². The minimum absolute atomic E-state index is 0.0570. The fourth-order valence-corrected chi connectivity index (χ4v) is 2.94. The molecule has 2 amide bonds. The molecule has 0 unspecified atom stereocenters. The lowest BCUT2D eigenvalue weighted by Crippen LogP contribution is -2.41. The molecule has 0 radical (unpaired) electrons. The zero-order valence-electron chi connectivity index (χ0n) is 15.5. The van der Waals surface area contributed by atoms with Crippen LogP contribution in [0.5, 0.6) is 0 Å². The fraction of sp³-hybridized carbons (Fsp3) is 0.444. The van der Waals surface area contributed by atoms with Crippen molar-refractivity contribution < 1.29 is 14.0 Å². The van der Waals surface area contributed by atoms with E-state index >= 15 is 0 Å². The van der Waals surface area contributed by atoms with Crippen LogP contribution in [0.15, 0.2) is 27.8 Å². The van der Waals surface area contributed by atoms with Gasteiger partial charge in [0.25, 0.3) is 5.22 Å². The van der Waals surface area contributed by atoms with Crippen LogP contribution < -0.4 is 5.32 Å². The van der Waals surface area contributed by atoms with Crippen LogP contribution in [0.2, 0.25) is 0 Å². The fourth-order valence-electron chi connectivity index (χ4n) is 2.28. The summed E-state index contributed by atoms with van der Waals surface area (Å²) in [4.78, 5) is 25.4. The van der Waals surface area contributed by atoms with Crippen molar-refractivity contribution in [1.82, 2.24) is 20.4 Å². The van der Waals surface area contributed by atoms with E-state index in [0.29, 0.717) is 24.2 Å². The lowest BCUT2D eigenvalue weighted by Gasteiger charge is -2.19. The molecular weight excluding hydrogens is 352 g/mol. The van der Waals surface area contributed by atoms with Gasteiger partial charge in [-0.15, -0.1) is 10.2 Å². The molecule has 7 nitrogen and oxygen atoms in total. The third-order valence-electron chi connectivity index (χ3n) is 3.92. The summed E-state index contributed by atoms with van der Waals surface area (Å²) < 4.78 is 5.64. The molecule has 1 N–H and O–H groups in total. The number of carbonyl (C=O) groups excluding carboxylic acids is 2. The monoisotopic (exact) mass is 376 g/mol. The summed E-state index contributed by atoms with van der Waals surface area (Å²) in [7, 11) is 0. The number of likely N-dealkylation sites (N-methyl/N-ethyl adjacent to an activating group) is 2. The molecule has 8 heteroatoms. The topological polar surface area (TPSA) is 88.3 Å². The first-order valence-electron chi connectivity index (χ1n) is 8.53. The number of nitrogens with zero attached hydrogens (tertiary/aromatic N) is 3. The number of aryl methyl sites for hydroxylation is 2. The van der Waals surface area contributed by atoms with Crippen LogP contribution in [0.25, 0.3) is 11.5 Å². The Balaban J connectivity index is 1.95. The van der Waals surface area contributed by atoms with Gasteiger partial charge in [0.2, 0.25) is 17.7 Å². The molecule has 0 saturated carbocycles. The van der Waals surface area contributed by atoms with E-state index < -0.39 is 0 Å². The molecule has 1 aromatic carbocycles. The second kappa shape index (κ2) is 9.38. The molecule has 0 saturated heterocycles. The van der Waals surface area contributed by atoms with Gasteiger partial charge in [0.15, 0.2) is 0 Å². The summed E-state index contributed by atoms with van der Waals surface area (Å²) in [5.74, 6) is 0.261. The van der Waals surface area contributed by atoms with Crippen LogP contribution in [0.3, 0.4) is 0 Å². The number of benzene rings is 1. The number of amides is 2. The number of carbonyl (C=O) groups is 2. The molecule has 0 bridgehead atoms. The molecule has 0 spiro atoms. The molecule has 0 fully saturated rings. The second-order valence-electron chi connectivity index (χ2n) is 5.82. The second-order valence-corrected chi connectivity index (χ2v) is 6.75. The first-order valence-corrected chi connectivity index (χ1v) is 9.51. The third kappa shape index (κ3) is 5.32. The summed E-state index contributed by atoms with van der Waals surface area (Å²) in [6.07, 6.45) is 0. The first kappa shape index (κ1) is 20.0. The highest BCUT2D eigenvalue weighted by molar-refractivity contribution is 7.99. The quantitative estimate of drug-likeness (QED) is 0.712. The van der Waals surface area contributed by atoms with E-state index in [2.05, 4.69) is 15.5 Å². The van der Waals surface area contributed by atoms with Crippen LogP contribution in [0.4, 0.5) is 0 Å². The number of hydrogen-bond acceptors (Lipinski definition) is 6. The number of nitrogens with one attached hydrogen (secondary N) is 1. The van der Waals surface area contributed by atoms with Crippen LogP contribution >= 0.6 is 11.8 Å². The average molecular weight is 376 g/mol. The molecular formula is C18H24N4O3S. The largest absolute Gasteiger partial charge is 0.411 e. The Morgan fingerprint density at radius 1 is 1.19 bits per heavy atom. The lowest BCUT2D eigenvalue weighted by molar-refractivity contribution is -0.133. The molecule has 1 heterocycles. The van der Waals surface area contributed by atoms with Gasteiger partial charge >= 0.3 is 0 Å². The number of hydrogen-bond donors (Lipinski definition) is 1. The van der Waals surface area contributed by atoms with Crippen molar-refractivity contribution in [1.29, 1.82) is 0 Å². The van der Waals surface area contributed by atoms with E-state index in [1.165, 1.54) is 22.2 Å². The molecule has 0 aliphatic carbocycles. The van der Waals surface area contributed by atoms with Crippen molar-refractivity contribution in [3.05, 3.63) is 29.3 Å². The van der Waals surface area contributed by atoms with Crippen LogP contribution in [-0.4, -0.2) is 52.3 Å². The maximum atomic E-state index is 12.3. The highest BCUT2D eigenvalue weighted by Crippen LogP contribution is 2.24. The molecule has 1 aromatic heterocycles. The lowest BCUT2D eigenvalue weighted by atomic mass is 10.1. The molecule has 2 rings (SSSR count). The minimum atomic E-state index is -0.164. The zero-order chi connectivity index (χ0) is 19.1. The van der Waals surface area contributed by atoms with E-state index in [1.807, 2.05) is 45.9 Å². The minimum Gasteiger partial charge on any atom is -0.411 e. The molecule has 0 aliphatic heterocycles. The number of aromatic nitrogens is 2. The van der Waals surface area contributed by atoms with Gasteiger partial charge in [0.05, 0.1) is 12.3 Å². The van der Waals surface area contributed by atoms with Gasteiger partial charge in [-0.3, -0.25) is 9.59 Å². The van der Waals surface area contributed by atoms with Crippen molar-refractivity contribution in [3.63, 3.8) is 0 Å². The molecule has 0 aliphatic rings. The third-order valence-corrected chi connectivity index (χ3v) is 4.73. The smallest absolute Gasteiger partial charge is 0.277 e. The Hall–Kier alpha value is -2.35. The maximum absolute atomic E-state index is 12.3. The normalized spacial score (nSPS) is 10.6. The van der Waals surface area contributed by atoms with Gasteiger partial charge in [0, 0.05) is 18.7 Å². The number of rotatable bonds is 8.